The molecule has 0 fully saturated rings. The molecule has 0 aliphatic heterocycles. The van der Waals surface area contributed by atoms with Crippen LogP contribution in [0, 0.1) is 0 Å². The van der Waals surface area contributed by atoms with Gasteiger partial charge in [-0.05, 0) is 34.1 Å². The average Bonchev–Trinajstić information content (AvgIpc) is 2.63. The minimum absolute atomic E-state index is 0.113. The highest BCUT2D eigenvalue weighted by molar-refractivity contribution is 9.10. The first kappa shape index (κ1) is 12.4. The zero-order valence-corrected chi connectivity index (χ0v) is 10.6. The molecule has 0 N–H and O–H groups in total. The quantitative estimate of drug-likeness (QED) is 0.798. The molecule has 2 nitrogen and oxygen atoms in total. The maximum absolute atomic E-state index is 12.4. The first-order valence-corrected chi connectivity index (χ1v) is 6.08. The zero-order valence-electron chi connectivity index (χ0n) is 8.16. The van der Waals surface area contributed by atoms with Gasteiger partial charge < -0.3 is 4.74 Å². The molecule has 90 valence electrons. The molecule has 0 radical (unpaired) electrons. The normalized spacial score (nSPS) is 11.5. The number of hydrogen-bond donors (Lipinski definition) is 0. The van der Waals surface area contributed by atoms with E-state index in [-0.39, 0.29) is 10.9 Å². The van der Waals surface area contributed by atoms with E-state index < -0.39 is 11.7 Å². The lowest BCUT2D eigenvalue weighted by molar-refractivity contribution is -0.137. The topological polar surface area (TPSA) is 22.1 Å². The molecule has 17 heavy (non-hydrogen) atoms. The fraction of sp³-hybridized carbons (Fsp3) is 0.100. The Balaban J connectivity index is 2.22. The Hall–Kier alpha value is -1.08. The van der Waals surface area contributed by atoms with Crippen LogP contribution in [0.3, 0.4) is 0 Å². The van der Waals surface area contributed by atoms with Crippen LogP contribution < -0.4 is 4.74 Å². The summed E-state index contributed by atoms with van der Waals surface area (Å²) in [5.41, 5.74) is -0.745. The van der Waals surface area contributed by atoms with Crippen LogP contribution in [0.1, 0.15) is 5.56 Å². The smallest absolute Gasteiger partial charge is 0.416 e. The molecule has 2 rings (SSSR count). The fourth-order valence-corrected chi connectivity index (χ4v) is 2.23. The summed E-state index contributed by atoms with van der Waals surface area (Å²) in [6.45, 7) is 0. The van der Waals surface area contributed by atoms with E-state index in [0.717, 1.165) is 12.1 Å². The van der Waals surface area contributed by atoms with Gasteiger partial charge in [0.25, 0.3) is 5.19 Å². The summed E-state index contributed by atoms with van der Waals surface area (Å²) in [6.07, 6.45) is -4.37. The monoisotopic (exact) mass is 323 g/mol. The highest BCUT2D eigenvalue weighted by Crippen LogP contribution is 2.33. The molecule has 0 saturated heterocycles. The van der Waals surface area contributed by atoms with Crippen molar-refractivity contribution in [1.82, 2.24) is 4.98 Å². The molecule has 1 aromatic heterocycles. The van der Waals surface area contributed by atoms with Crippen molar-refractivity contribution in [3.05, 3.63) is 39.8 Å². The summed E-state index contributed by atoms with van der Waals surface area (Å²) in [5, 5.41) is 1.97. The molecule has 7 heteroatoms. The number of benzene rings is 1. The third-order valence-electron chi connectivity index (χ3n) is 1.82. The molecule has 1 heterocycles. The van der Waals surface area contributed by atoms with E-state index in [9.17, 15) is 13.2 Å². The first-order chi connectivity index (χ1) is 7.95. The van der Waals surface area contributed by atoms with E-state index in [1.807, 2.05) is 0 Å². The molecule has 0 saturated carbocycles. The Kier molecular flexibility index (Phi) is 3.39. The van der Waals surface area contributed by atoms with Crippen molar-refractivity contribution in [3.63, 3.8) is 0 Å². The van der Waals surface area contributed by atoms with E-state index in [4.69, 9.17) is 4.74 Å². The third-order valence-corrected chi connectivity index (χ3v) is 3.25. The Morgan fingerprint density at radius 1 is 1.29 bits per heavy atom. The van der Waals surface area contributed by atoms with Crippen molar-refractivity contribution < 1.29 is 17.9 Å². The van der Waals surface area contributed by atoms with Crippen molar-refractivity contribution in [3.8, 4) is 10.9 Å². The summed E-state index contributed by atoms with van der Waals surface area (Å²) in [7, 11) is 0. The number of hydrogen-bond acceptors (Lipinski definition) is 3. The van der Waals surface area contributed by atoms with Crippen LogP contribution in [0.4, 0.5) is 13.2 Å². The highest BCUT2D eigenvalue weighted by atomic mass is 79.9. The molecule has 1 aromatic carbocycles. The van der Waals surface area contributed by atoms with Crippen molar-refractivity contribution in [1.29, 1.82) is 0 Å². The number of rotatable bonds is 2. The maximum atomic E-state index is 12.4. The van der Waals surface area contributed by atoms with E-state index in [0.29, 0.717) is 4.60 Å². The summed E-state index contributed by atoms with van der Waals surface area (Å²) in [4.78, 5) is 3.93. The van der Waals surface area contributed by atoms with Gasteiger partial charge in [0.15, 0.2) is 0 Å². The van der Waals surface area contributed by atoms with E-state index in [1.165, 1.54) is 23.5 Å². The van der Waals surface area contributed by atoms with Gasteiger partial charge in [-0.2, -0.15) is 18.2 Å². The summed E-state index contributed by atoms with van der Waals surface area (Å²) in [5.74, 6) is 0.113. The van der Waals surface area contributed by atoms with E-state index in [2.05, 4.69) is 20.9 Å². The first-order valence-electron chi connectivity index (χ1n) is 4.41. The molecular formula is C10H5BrF3NOS. The molecule has 0 atom stereocenters. The summed E-state index contributed by atoms with van der Waals surface area (Å²) >= 11 is 4.33. The van der Waals surface area contributed by atoms with Crippen LogP contribution in [0.5, 0.6) is 10.9 Å². The van der Waals surface area contributed by atoms with Crippen LogP contribution in [-0.4, -0.2) is 4.98 Å². The van der Waals surface area contributed by atoms with Gasteiger partial charge in [0.2, 0.25) is 0 Å². The number of aromatic nitrogens is 1. The molecule has 0 spiro atoms. The molecule has 0 aliphatic carbocycles. The Morgan fingerprint density at radius 3 is 2.65 bits per heavy atom. The van der Waals surface area contributed by atoms with Crippen molar-refractivity contribution in [2.45, 2.75) is 6.18 Å². The van der Waals surface area contributed by atoms with Gasteiger partial charge >= 0.3 is 6.18 Å². The van der Waals surface area contributed by atoms with Crippen molar-refractivity contribution >= 4 is 27.3 Å². The Morgan fingerprint density at radius 2 is 2.06 bits per heavy atom. The lowest BCUT2D eigenvalue weighted by Crippen LogP contribution is -2.04. The summed E-state index contributed by atoms with van der Waals surface area (Å²) < 4.78 is 43.1. The van der Waals surface area contributed by atoms with Crippen LogP contribution in [0.25, 0.3) is 0 Å². The number of nitrogens with zero attached hydrogens (tertiary/aromatic N) is 1. The second-order valence-electron chi connectivity index (χ2n) is 3.06. The Bertz CT molecular complexity index is 526. The van der Waals surface area contributed by atoms with E-state index in [1.54, 1.807) is 5.38 Å². The van der Waals surface area contributed by atoms with Crippen molar-refractivity contribution in [2.24, 2.45) is 0 Å². The predicted octanol–water partition coefficient (Wildman–Crippen LogP) is 4.72. The number of halogens is 4. The van der Waals surface area contributed by atoms with Gasteiger partial charge in [-0.15, -0.1) is 0 Å². The van der Waals surface area contributed by atoms with Crippen LogP contribution in [0.2, 0.25) is 0 Å². The molecule has 0 unspecified atom stereocenters. The second-order valence-corrected chi connectivity index (χ2v) is 4.70. The lowest BCUT2D eigenvalue weighted by atomic mass is 10.2. The minimum Gasteiger partial charge on any atom is -0.431 e. The molecule has 0 amide bonds. The van der Waals surface area contributed by atoms with Crippen LogP contribution in [0.15, 0.2) is 34.2 Å². The highest BCUT2D eigenvalue weighted by Gasteiger charge is 2.30. The standard InChI is InChI=1S/C10H5BrF3NOS/c11-8-5-17-9(15-8)16-7-3-1-2-6(4-7)10(12,13)14/h1-5H. The lowest BCUT2D eigenvalue weighted by Gasteiger charge is -2.08. The molecule has 0 bridgehead atoms. The minimum atomic E-state index is -4.37. The van der Waals surface area contributed by atoms with Crippen molar-refractivity contribution in [2.75, 3.05) is 0 Å². The second kappa shape index (κ2) is 4.66. The van der Waals surface area contributed by atoms with Crippen LogP contribution in [-0.2, 0) is 6.18 Å². The van der Waals surface area contributed by atoms with Gasteiger partial charge in [0.05, 0.1) is 5.56 Å². The third kappa shape index (κ3) is 3.19. The number of thiazole rings is 1. The van der Waals surface area contributed by atoms with Gasteiger partial charge in [-0.1, -0.05) is 17.4 Å². The SMILES string of the molecule is FC(F)(F)c1cccc(Oc2nc(Br)cs2)c1. The van der Waals surface area contributed by atoms with Crippen LogP contribution >= 0.6 is 27.3 Å². The molecule has 2 aromatic rings. The van der Waals surface area contributed by atoms with E-state index >= 15 is 0 Å². The van der Waals surface area contributed by atoms with Gasteiger partial charge in [0, 0.05) is 5.38 Å². The summed E-state index contributed by atoms with van der Waals surface area (Å²) in [6, 6.07) is 4.67. The fourth-order valence-electron chi connectivity index (χ4n) is 1.12. The zero-order chi connectivity index (χ0) is 12.5. The molecule has 0 aliphatic rings. The maximum Gasteiger partial charge on any atom is 0.416 e. The van der Waals surface area contributed by atoms with Gasteiger partial charge in [0.1, 0.15) is 10.4 Å². The Labute approximate surface area is 107 Å². The molecular weight excluding hydrogens is 319 g/mol. The van der Waals surface area contributed by atoms with Gasteiger partial charge in [-0.25, -0.2) is 0 Å². The largest absolute Gasteiger partial charge is 0.431 e. The van der Waals surface area contributed by atoms with Gasteiger partial charge in [-0.3, -0.25) is 0 Å². The number of alkyl halides is 3. The average molecular weight is 324 g/mol. The predicted molar refractivity (Wildman–Crippen MR) is 61.3 cm³/mol. The number of ether oxygens (including phenoxy) is 1.